The molecule has 0 aliphatic heterocycles. The minimum Gasteiger partial charge on any atom is -0.493 e. The van der Waals surface area contributed by atoms with E-state index in [4.69, 9.17) is 32.7 Å². The predicted octanol–water partition coefficient (Wildman–Crippen LogP) is 5.41. The normalized spacial score (nSPS) is 10.8. The van der Waals surface area contributed by atoms with Gasteiger partial charge in [-0.2, -0.15) is 5.10 Å². The second-order valence-corrected chi connectivity index (χ2v) is 7.33. The van der Waals surface area contributed by atoms with Gasteiger partial charge in [0.1, 0.15) is 12.4 Å². The zero-order valence-electron chi connectivity index (χ0n) is 16.6. The summed E-state index contributed by atoms with van der Waals surface area (Å²) in [6.45, 7) is 0.225. The summed E-state index contributed by atoms with van der Waals surface area (Å²) < 4.78 is 24.1. The number of hydrogen-bond acceptors (Lipinski definition) is 4. The molecule has 160 valence electrons. The summed E-state index contributed by atoms with van der Waals surface area (Å²) in [5.41, 5.74) is 4.53. The average Bonchev–Trinajstić information content (AvgIpc) is 2.75. The van der Waals surface area contributed by atoms with E-state index in [-0.39, 0.29) is 24.8 Å². The first-order valence-corrected chi connectivity index (χ1v) is 10.0. The van der Waals surface area contributed by atoms with Crippen molar-refractivity contribution in [3.05, 3.63) is 93.2 Å². The molecular formula is C23H19Cl2FN2O3. The highest BCUT2D eigenvalue weighted by molar-refractivity contribution is 6.32. The molecule has 0 atom stereocenters. The first-order chi connectivity index (χ1) is 15.0. The number of carbonyl (C=O) groups excluding carboxylic acids is 1. The molecule has 3 aromatic carbocycles. The molecule has 0 fully saturated rings. The van der Waals surface area contributed by atoms with Gasteiger partial charge in [0.05, 0.1) is 24.8 Å². The Morgan fingerprint density at radius 2 is 1.84 bits per heavy atom. The Labute approximate surface area is 189 Å². The van der Waals surface area contributed by atoms with Crippen molar-refractivity contribution in [1.82, 2.24) is 5.43 Å². The lowest BCUT2D eigenvalue weighted by molar-refractivity contribution is -0.120. The van der Waals surface area contributed by atoms with Crippen molar-refractivity contribution in [2.24, 2.45) is 5.10 Å². The number of nitrogens with one attached hydrogen (secondary N) is 1. The maximum absolute atomic E-state index is 12.9. The van der Waals surface area contributed by atoms with E-state index in [1.54, 1.807) is 30.3 Å². The standard InChI is InChI=1S/C23H19Cl2FN2O3/c1-30-21-11-16(13-27-28-22(29)12-15-6-8-18(26)9-7-15)10-20(25)23(21)31-14-17-4-2-3-5-19(17)24/h2-11,13H,12,14H2,1H3,(H,28,29)/b27-13+. The highest BCUT2D eigenvalue weighted by Gasteiger charge is 2.13. The van der Waals surface area contributed by atoms with Gasteiger partial charge in [-0.3, -0.25) is 4.79 Å². The topological polar surface area (TPSA) is 59.9 Å². The molecular weight excluding hydrogens is 442 g/mol. The quantitative estimate of drug-likeness (QED) is 0.360. The number of carbonyl (C=O) groups is 1. The molecule has 5 nitrogen and oxygen atoms in total. The molecule has 8 heteroatoms. The van der Waals surface area contributed by atoms with Crippen molar-refractivity contribution < 1.29 is 18.7 Å². The van der Waals surface area contributed by atoms with E-state index >= 15 is 0 Å². The maximum Gasteiger partial charge on any atom is 0.244 e. The van der Waals surface area contributed by atoms with Gasteiger partial charge >= 0.3 is 0 Å². The summed E-state index contributed by atoms with van der Waals surface area (Å²) in [4.78, 5) is 12.0. The lowest BCUT2D eigenvalue weighted by atomic mass is 10.1. The van der Waals surface area contributed by atoms with Gasteiger partial charge in [0.15, 0.2) is 11.5 Å². The maximum atomic E-state index is 12.9. The van der Waals surface area contributed by atoms with Crippen molar-refractivity contribution in [3.8, 4) is 11.5 Å². The minimum absolute atomic E-state index is 0.0799. The van der Waals surface area contributed by atoms with E-state index in [0.717, 1.165) is 5.56 Å². The highest BCUT2D eigenvalue weighted by Crippen LogP contribution is 2.37. The number of nitrogens with zero attached hydrogens (tertiary/aromatic N) is 1. The zero-order chi connectivity index (χ0) is 22.2. The Morgan fingerprint density at radius 3 is 2.55 bits per heavy atom. The Hall–Kier alpha value is -3.09. The molecule has 0 aliphatic rings. The second kappa shape index (κ2) is 10.8. The first-order valence-electron chi connectivity index (χ1n) is 9.26. The summed E-state index contributed by atoms with van der Waals surface area (Å²) in [6.07, 6.45) is 1.52. The smallest absolute Gasteiger partial charge is 0.244 e. The summed E-state index contributed by atoms with van der Waals surface area (Å²) in [5.74, 6) is 0.105. The number of ether oxygens (including phenoxy) is 2. The molecule has 0 spiro atoms. The monoisotopic (exact) mass is 460 g/mol. The Morgan fingerprint density at radius 1 is 1.10 bits per heavy atom. The fraction of sp³-hybridized carbons (Fsp3) is 0.130. The van der Waals surface area contributed by atoms with Crippen LogP contribution in [0.4, 0.5) is 4.39 Å². The second-order valence-electron chi connectivity index (χ2n) is 6.51. The van der Waals surface area contributed by atoms with E-state index in [0.29, 0.717) is 32.7 Å². The number of halogens is 3. The van der Waals surface area contributed by atoms with E-state index < -0.39 is 0 Å². The van der Waals surface area contributed by atoms with Crippen molar-refractivity contribution >= 4 is 35.3 Å². The van der Waals surface area contributed by atoms with Gasteiger partial charge in [-0.1, -0.05) is 53.5 Å². The van der Waals surface area contributed by atoms with Crippen LogP contribution in [-0.4, -0.2) is 19.2 Å². The number of rotatable bonds is 8. The summed E-state index contributed by atoms with van der Waals surface area (Å²) in [5, 5.41) is 4.86. The SMILES string of the molecule is COc1cc(/C=N/NC(=O)Cc2ccc(F)cc2)cc(Cl)c1OCc1ccccc1Cl. The fourth-order valence-electron chi connectivity index (χ4n) is 2.73. The predicted molar refractivity (Wildman–Crippen MR) is 120 cm³/mol. The summed E-state index contributed by atoms with van der Waals surface area (Å²) in [6, 6.07) is 16.4. The molecule has 0 saturated carbocycles. The molecule has 0 aromatic heterocycles. The van der Waals surface area contributed by atoms with Crippen LogP contribution in [0.1, 0.15) is 16.7 Å². The first kappa shape index (κ1) is 22.6. The number of hydrogen-bond donors (Lipinski definition) is 1. The number of benzene rings is 3. The fourth-order valence-corrected chi connectivity index (χ4v) is 3.19. The lowest BCUT2D eigenvalue weighted by Crippen LogP contribution is -2.19. The molecule has 1 N–H and O–H groups in total. The summed E-state index contributed by atoms with van der Waals surface area (Å²) >= 11 is 12.5. The van der Waals surface area contributed by atoms with E-state index in [2.05, 4.69) is 10.5 Å². The third-order valence-corrected chi connectivity index (χ3v) is 4.91. The molecule has 0 heterocycles. The van der Waals surface area contributed by atoms with Gasteiger partial charge < -0.3 is 9.47 Å². The number of hydrazone groups is 1. The van der Waals surface area contributed by atoms with Crippen LogP contribution < -0.4 is 14.9 Å². The van der Waals surface area contributed by atoms with Gasteiger partial charge in [-0.05, 0) is 41.5 Å². The lowest BCUT2D eigenvalue weighted by Gasteiger charge is -2.14. The van der Waals surface area contributed by atoms with Gasteiger partial charge in [-0.15, -0.1) is 0 Å². The van der Waals surface area contributed by atoms with Crippen LogP contribution in [0.5, 0.6) is 11.5 Å². The van der Waals surface area contributed by atoms with Crippen LogP contribution in [0.3, 0.4) is 0 Å². The van der Waals surface area contributed by atoms with Crippen molar-refractivity contribution in [2.75, 3.05) is 7.11 Å². The molecule has 0 aliphatic carbocycles. The van der Waals surface area contributed by atoms with Crippen molar-refractivity contribution in [2.45, 2.75) is 13.0 Å². The van der Waals surface area contributed by atoms with Crippen LogP contribution in [0.15, 0.2) is 65.8 Å². The molecule has 0 saturated heterocycles. The van der Waals surface area contributed by atoms with Gasteiger partial charge in [0, 0.05) is 10.6 Å². The van der Waals surface area contributed by atoms with E-state index in [1.807, 2.05) is 18.2 Å². The molecule has 3 aromatic rings. The number of amides is 1. The van der Waals surface area contributed by atoms with Crippen molar-refractivity contribution in [3.63, 3.8) is 0 Å². The zero-order valence-corrected chi connectivity index (χ0v) is 18.1. The largest absolute Gasteiger partial charge is 0.493 e. The Bertz CT molecular complexity index is 1090. The van der Waals surface area contributed by atoms with Crippen LogP contribution in [0.2, 0.25) is 10.0 Å². The summed E-state index contributed by atoms with van der Waals surface area (Å²) in [7, 11) is 1.50. The van der Waals surface area contributed by atoms with Gasteiger partial charge in [-0.25, -0.2) is 9.82 Å². The molecule has 0 radical (unpaired) electrons. The van der Waals surface area contributed by atoms with Gasteiger partial charge in [0.2, 0.25) is 5.91 Å². The van der Waals surface area contributed by atoms with Crippen molar-refractivity contribution in [1.29, 1.82) is 0 Å². The number of methoxy groups -OCH3 is 1. The van der Waals surface area contributed by atoms with Gasteiger partial charge in [0.25, 0.3) is 0 Å². The Kier molecular flexibility index (Phi) is 7.87. The molecule has 3 rings (SSSR count). The van der Waals surface area contributed by atoms with Crippen LogP contribution >= 0.6 is 23.2 Å². The van der Waals surface area contributed by atoms with Crippen LogP contribution in [0.25, 0.3) is 0 Å². The Balaban J connectivity index is 1.64. The van der Waals surface area contributed by atoms with E-state index in [1.165, 1.54) is 25.5 Å². The molecule has 31 heavy (non-hydrogen) atoms. The average molecular weight is 461 g/mol. The highest BCUT2D eigenvalue weighted by atomic mass is 35.5. The van der Waals surface area contributed by atoms with Crippen LogP contribution in [0, 0.1) is 5.82 Å². The molecule has 1 amide bonds. The minimum atomic E-state index is -0.354. The molecule has 0 unspecified atom stereocenters. The third-order valence-electron chi connectivity index (χ3n) is 4.26. The van der Waals surface area contributed by atoms with E-state index in [9.17, 15) is 9.18 Å². The third kappa shape index (κ3) is 6.44. The molecule has 0 bridgehead atoms. The van der Waals surface area contributed by atoms with Crippen LogP contribution in [-0.2, 0) is 17.8 Å².